The fraction of sp³-hybridized carbons (Fsp3) is 0.312. The highest BCUT2D eigenvalue weighted by atomic mass is 16.2. The molecule has 0 radical (unpaired) electrons. The molecule has 3 aromatic rings. The van der Waals surface area contributed by atoms with Crippen LogP contribution >= 0.6 is 0 Å². The quantitative estimate of drug-likeness (QED) is 0.734. The smallest absolute Gasteiger partial charge is 0.268 e. The second-order valence-electron chi connectivity index (χ2n) is 5.99. The third-order valence-corrected chi connectivity index (χ3v) is 4.40. The summed E-state index contributed by atoms with van der Waals surface area (Å²) >= 11 is 0. The minimum Gasteiger partial charge on any atom is -0.347 e. The normalized spacial score (nSPS) is 20.0. The number of nitrogens with one attached hydrogen (secondary N) is 1. The van der Waals surface area contributed by atoms with Gasteiger partial charge in [-0.3, -0.25) is 4.79 Å². The Labute approximate surface area is 144 Å². The van der Waals surface area contributed by atoms with Crippen molar-refractivity contribution in [3.8, 4) is 0 Å². The SMILES string of the molecule is Cn1cccc1C(=O)N[C@@H]1CN(c2ncccn2)C[C@@H]1n1ccnn1. The van der Waals surface area contributed by atoms with Crippen molar-refractivity contribution in [3.63, 3.8) is 0 Å². The number of aromatic nitrogens is 6. The van der Waals surface area contributed by atoms with Crippen molar-refractivity contribution >= 4 is 11.9 Å². The van der Waals surface area contributed by atoms with Crippen molar-refractivity contribution < 1.29 is 4.79 Å². The van der Waals surface area contributed by atoms with Crippen molar-refractivity contribution in [1.82, 2.24) is 34.8 Å². The average Bonchev–Trinajstić information content (AvgIpc) is 3.35. The van der Waals surface area contributed by atoms with Crippen LogP contribution in [0.1, 0.15) is 16.5 Å². The third kappa shape index (κ3) is 2.95. The van der Waals surface area contributed by atoms with Gasteiger partial charge in [0.25, 0.3) is 5.91 Å². The zero-order valence-corrected chi connectivity index (χ0v) is 13.7. The van der Waals surface area contributed by atoms with Crippen molar-refractivity contribution in [2.24, 2.45) is 7.05 Å². The minimum atomic E-state index is -0.132. The Hall–Kier alpha value is -3.23. The van der Waals surface area contributed by atoms with Crippen LogP contribution in [0.3, 0.4) is 0 Å². The summed E-state index contributed by atoms with van der Waals surface area (Å²) < 4.78 is 3.58. The predicted octanol–water partition coefficient (Wildman–Crippen LogP) is 0.266. The molecular weight excluding hydrogens is 320 g/mol. The maximum absolute atomic E-state index is 12.6. The summed E-state index contributed by atoms with van der Waals surface area (Å²) in [7, 11) is 1.85. The van der Waals surface area contributed by atoms with E-state index in [2.05, 4.69) is 25.6 Å². The van der Waals surface area contributed by atoms with E-state index in [1.807, 2.05) is 30.4 Å². The number of amides is 1. The van der Waals surface area contributed by atoms with Gasteiger partial charge in [0.2, 0.25) is 5.95 Å². The highest BCUT2D eigenvalue weighted by molar-refractivity contribution is 5.93. The number of aryl methyl sites for hydroxylation is 1. The molecule has 0 unspecified atom stereocenters. The molecule has 1 aliphatic rings. The highest BCUT2D eigenvalue weighted by Crippen LogP contribution is 2.24. The Morgan fingerprint density at radius 1 is 1.16 bits per heavy atom. The van der Waals surface area contributed by atoms with Crippen LogP contribution in [0.5, 0.6) is 0 Å². The van der Waals surface area contributed by atoms with Crippen molar-refractivity contribution in [2.75, 3.05) is 18.0 Å². The summed E-state index contributed by atoms with van der Waals surface area (Å²) in [6, 6.07) is 5.25. The first kappa shape index (κ1) is 15.3. The number of carbonyl (C=O) groups is 1. The molecule has 0 bridgehead atoms. The molecule has 1 amide bonds. The van der Waals surface area contributed by atoms with E-state index in [-0.39, 0.29) is 18.0 Å². The lowest BCUT2D eigenvalue weighted by atomic mass is 10.1. The number of carbonyl (C=O) groups excluding carboxylic acids is 1. The van der Waals surface area contributed by atoms with Crippen LogP contribution in [0.25, 0.3) is 0 Å². The van der Waals surface area contributed by atoms with Crippen LogP contribution < -0.4 is 10.2 Å². The van der Waals surface area contributed by atoms with E-state index in [4.69, 9.17) is 0 Å². The van der Waals surface area contributed by atoms with Gasteiger partial charge in [0.05, 0.1) is 18.3 Å². The van der Waals surface area contributed by atoms with Crippen molar-refractivity contribution in [1.29, 1.82) is 0 Å². The van der Waals surface area contributed by atoms with Gasteiger partial charge in [0, 0.05) is 44.9 Å². The van der Waals surface area contributed by atoms with Crippen LogP contribution in [0.4, 0.5) is 5.95 Å². The molecule has 128 valence electrons. The summed E-state index contributed by atoms with van der Waals surface area (Å²) in [6.45, 7) is 1.25. The Kier molecular flexibility index (Phi) is 3.88. The van der Waals surface area contributed by atoms with E-state index in [1.54, 1.807) is 40.0 Å². The predicted molar refractivity (Wildman–Crippen MR) is 90.0 cm³/mol. The standard InChI is InChI=1S/C16H18N8O/c1-22-8-2-4-13(22)15(25)20-12-10-23(16-17-5-3-6-18-16)11-14(12)24-9-7-19-21-24/h2-9,12,14H,10-11H2,1H3,(H,20,25)/t12-,14+/m1/s1. The first-order valence-corrected chi connectivity index (χ1v) is 8.02. The summed E-state index contributed by atoms with van der Waals surface area (Å²) in [5.41, 5.74) is 0.617. The van der Waals surface area contributed by atoms with Gasteiger partial charge in [-0.05, 0) is 18.2 Å². The van der Waals surface area contributed by atoms with E-state index in [0.29, 0.717) is 24.7 Å². The van der Waals surface area contributed by atoms with Gasteiger partial charge in [0.15, 0.2) is 0 Å². The van der Waals surface area contributed by atoms with Gasteiger partial charge in [0.1, 0.15) is 5.69 Å². The lowest BCUT2D eigenvalue weighted by molar-refractivity contribution is 0.0923. The zero-order chi connectivity index (χ0) is 17.2. The van der Waals surface area contributed by atoms with Crippen LogP contribution in [-0.4, -0.2) is 54.6 Å². The molecule has 1 aliphatic heterocycles. The van der Waals surface area contributed by atoms with Gasteiger partial charge in [-0.2, -0.15) is 0 Å². The van der Waals surface area contributed by atoms with Gasteiger partial charge in [-0.15, -0.1) is 5.10 Å². The molecule has 1 N–H and O–H groups in total. The molecule has 1 saturated heterocycles. The van der Waals surface area contributed by atoms with Gasteiger partial charge in [-0.1, -0.05) is 5.21 Å². The maximum Gasteiger partial charge on any atom is 0.268 e. The van der Waals surface area contributed by atoms with Crippen LogP contribution in [0.2, 0.25) is 0 Å². The second kappa shape index (κ2) is 6.34. The first-order valence-electron chi connectivity index (χ1n) is 8.02. The van der Waals surface area contributed by atoms with Gasteiger partial charge < -0.3 is 14.8 Å². The van der Waals surface area contributed by atoms with E-state index in [9.17, 15) is 4.79 Å². The van der Waals surface area contributed by atoms with E-state index in [1.165, 1.54) is 0 Å². The van der Waals surface area contributed by atoms with Crippen molar-refractivity contribution in [2.45, 2.75) is 12.1 Å². The number of hydrogen-bond donors (Lipinski definition) is 1. The molecular formula is C16H18N8O. The van der Waals surface area contributed by atoms with Crippen LogP contribution in [0, 0.1) is 0 Å². The third-order valence-electron chi connectivity index (χ3n) is 4.40. The lowest BCUT2D eigenvalue weighted by Crippen LogP contribution is -2.42. The molecule has 2 atom stereocenters. The summed E-state index contributed by atoms with van der Waals surface area (Å²) in [5.74, 6) is 0.529. The van der Waals surface area contributed by atoms with Crippen LogP contribution in [0.15, 0.2) is 49.2 Å². The Morgan fingerprint density at radius 3 is 2.68 bits per heavy atom. The van der Waals surface area contributed by atoms with Crippen LogP contribution in [-0.2, 0) is 7.05 Å². The average molecular weight is 338 g/mol. The topological polar surface area (TPSA) is 93.8 Å². The fourth-order valence-corrected chi connectivity index (χ4v) is 3.15. The molecule has 4 rings (SSSR count). The summed E-state index contributed by atoms with van der Waals surface area (Å²) in [6.07, 6.45) is 8.72. The van der Waals surface area contributed by atoms with Gasteiger partial charge >= 0.3 is 0 Å². The number of hydrogen-bond acceptors (Lipinski definition) is 6. The summed E-state index contributed by atoms with van der Waals surface area (Å²) in [4.78, 5) is 23.3. The molecule has 3 aromatic heterocycles. The largest absolute Gasteiger partial charge is 0.347 e. The summed E-state index contributed by atoms with van der Waals surface area (Å²) in [5, 5.41) is 11.1. The van der Waals surface area contributed by atoms with E-state index in [0.717, 1.165) is 0 Å². The van der Waals surface area contributed by atoms with Crippen molar-refractivity contribution in [3.05, 3.63) is 54.9 Å². The molecule has 0 aromatic carbocycles. The minimum absolute atomic E-state index is 0.0458. The lowest BCUT2D eigenvalue weighted by Gasteiger charge is -2.19. The Balaban J connectivity index is 1.57. The van der Waals surface area contributed by atoms with E-state index < -0.39 is 0 Å². The number of rotatable bonds is 4. The highest BCUT2D eigenvalue weighted by Gasteiger charge is 2.37. The fourth-order valence-electron chi connectivity index (χ4n) is 3.15. The number of anilines is 1. The molecule has 9 nitrogen and oxygen atoms in total. The molecule has 0 spiro atoms. The molecule has 25 heavy (non-hydrogen) atoms. The molecule has 9 heteroatoms. The molecule has 0 aliphatic carbocycles. The van der Waals surface area contributed by atoms with E-state index >= 15 is 0 Å². The van der Waals surface area contributed by atoms with Gasteiger partial charge in [-0.25, -0.2) is 14.6 Å². The molecule has 4 heterocycles. The molecule has 1 fully saturated rings. The Bertz CT molecular complexity index is 844. The number of nitrogens with zero attached hydrogens (tertiary/aromatic N) is 7. The Morgan fingerprint density at radius 2 is 2.00 bits per heavy atom. The zero-order valence-electron chi connectivity index (χ0n) is 13.7. The maximum atomic E-state index is 12.6. The second-order valence-corrected chi connectivity index (χ2v) is 5.99. The monoisotopic (exact) mass is 338 g/mol. The first-order chi connectivity index (χ1) is 12.2. The molecule has 0 saturated carbocycles.